The molecule has 1 aliphatic rings. The molecule has 6 nitrogen and oxygen atoms in total. The average molecular weight is 463 g/mol. The van der Waals surface area contributed by atoms with Gasteiger partial charge in [-0.3, -0.25) is 4.79 Å². The number of para-hydroxylation sites is 1. The Hall–Kier alpha value is -3.49. The fraction of sp³-hybridized carbons (Fsp3) is 0.333. The highest BCUT2D eigenvalue weighted by atomic mass is 19.4. The number of hydrogen-bond donors (Lipinski definition) is 1. The maximum Gasteiger partial charge on any atom is 0.419 e. The second-order valence-electron chi connectivity index (χ2n) is 7.70. The molecule has 0 saturated carbocycles. The Balaban J connectivity index is 1.69. The van der Waals surface area contributed by atoms with E-state index in [4.69, 9.17) is 19.9 Å². The molecule has 1 heterocycles. The molecule has 0 spiro atoms. The number of allylic oxidation sites excluding steroid dienone is 2. The van der Waals surface area contributed by atoms with Crippen LogP contribution in [0, 0.1) is 6.92 Å². The summed E-state index contributed by atoms with van der Waals surface area (Å²) in [5.74, 6) is -1.20. The first-order valence-electron chi connectivity index (χ1n) is 10.2. The van der Waals surface area contributed by atoms with E-state index in [1.54, 1.807) is 6.92 Å². The molecule has 0 saturated heterocycles. The van der Waals surface area contributed by atoms with Crippen LogP contribution in [0.4, 0.5) is 18.9 Å². The van der Waals surface area contributed by atoms with Crippen LogP contribution in [0.15, 0.2) is 35.9 Å². The van der Waals surface area contributed by atoms with E-state index >= 15 is 0 Å². The van der Waals surface area contributed by atoms with Crippen LogP contribution < -0.4 is 15.2 Å². The van der Waals surface area contributed by atoms with Gasteiger partial charge in [0.1, 0.15) is 18.1 Å². The second kappa shape index (κ2) is 9.56. The lowest BCUT2D eigenvalue weighted by atomic mass is 9.94. The number of carbonyl (C=O) groups is 2. The van der Waals surface area contributed by atoms with Gasteiger partial charge in [0, 0.05) is 17.5 Å². The minimum Gasteiger partial charge on any atom is -0.496 e. The lowest BCUT2D eigenvalue weighted by Crippen LogP contribution is -2.13. The molecular weight excluding hydrogens is 439 g/mol. The Morgan fingerprint density at radius 3 is 2.61 bits per heavy atom. The van der Waals surface area contributed by atoms with Crippen LogP contribution in [0.3, 0.4) is 0 Å². The fourth-order valence-electron chi connectivity index (χ4n) is 3.73. The number of nitrogen functional groups attached to an aromatic ring is 1. The van der Waals surface area contributed by atoms with Crippen molar-refractivity contribution in [1.29, 1.82) is 0 Å². The van der Waals surface area contributed by atoms with Gasteiger partial charge in [-0.1, -0.05) is 23.8 Å². The molecule has 1 aliphatic heterocycles. The van der Waals surface area contributed by atoms with E-state index in [2.05, 4.69) is 0 Å². The minimum atomic E-state index is -4.62. The zero-order valence-electron chi connectivity index (χ0n) is 18.5. The van der Waals surface area contributed by atoms with E-state index in [0.717, 1.165) is 23.3 Å². The molecule has 0 aromatic heterocycles. The van der Waals surface area contributed by atoms with Gasteiger partial charge in [0.2, 0.25) is 0 Å². The highest BCUT2D eigenvalue weighted by Gasteiger charge is 2.34. The zero-order valence-corrected chi connectivity index (χ0v) is 18.5. The summed E-state index contributed by atoms with van der Waals surface area (Å²) in [5, 5.41) is 0. The van der Waals surface area contributed by atoms with Crippen molar-refractivity contribution in [2.75, 3.05) is 12.8 Å². The van der Waals surface area contributed by atoms with Gasteiger partial charge in [-0.15, -0.1) is 0 Å². The number of anilines is 1. The van der Waals surface area contributed by atoms with Crippen LogP contribution in [0.25, 0.3) is 0 Å². The second-order valence-corrected chi connectivity index (χ2v) is 7.70. The monoisotopic (exact) mass is 463 g/mol. The largest absolute Gasteiger partial charge is 0.496 e. The molecule has 0 aliphatic carbocycles. The SMILES string of the molecule is COc1c(C)c2c(c(N)c1CC=C(C)CCC(=O)Oc1ccccc1C(F)(F)F)C(=O)OC2. The van der Waals surface area contributed by atoms with Crippen molar-refractivity contribution in [1.82, 2.24) is 0 Å². The van der Waals surface area contributed by atoms with Gasteiger partial charge in [-0.25, -0.2) is 4.79 Å². The third-order valence-electron chi connectivity index (χ3n) is 5.51. The summed E-state index contributed by atoms with van der Waals surface area (Å²) in [6.45, 7) is 3.76. The van der Waals surface area contributed by atoms with Crippen LogP contribution in [0.5, 0.6) is 11.5 Å². The fourth-order valence-corrected chi connectivity index (χ4v) is 3.73. The lowest BCUT2D eigenvalue weighted by molar-refractivity contribution is -0.142. The number of halogens is 3. The van der Waals surface area contributed by atoms with Crippen LogP contribution in [0.1, 0.15) is 52.4 Å². The van der Waals surface area contributed by atoms with Gasteiger partial charge in [-0.05, 0) is 44.4 Å². The molecule has 0 amide bonds. The standard InChI is InChI=1S/C24H24F3NO5/c1-13(9-11-19(29)33-18-7-5-4-6-17(18)24(25,26)27)8-10-15-21(28)20-16(12-32-23(20)30)14(2)22(15)31-3/h4-8H,9-12,28H2,1-3H3. The number of nitrogens with two attached hydrogens (primary N) is 1. The summed E-state index contributed by atoms with van der Waals surface area (Å²) < 4.78 is 54.7. The summed E-state index contributed by atoms with van der Waals surface area (Å²) in [7, 11) is 1.51. The van der Waals surface area contributed by atoms with Gasteiger partial charge in [0.25, 0.3) is 0 Å². The third kappa shape index (κ3) is 5.13. The molecule has 3 rings (SSSR count). The first-order chi connectivity index (χ1) is 15.5. The molecule has 2 N–H and O–H groups in total. The number of carbonyl (C=O) groups excluding carboxylic acids is 2. The maximum absolute atomic E-state index is 13.1. The topological polar surface area (TPSA) is 87.9 Å². The quantitative estimate of drug-likeness (QED) is 0.265. The highest BCUT2D eigenvalue weighted by Crippen LogP contribution is 2.40. The molecule has 0 radical (unpaired) electrons. The molecule has 176 valence electrons. The van der Waals surface area contributed by atoms with Gasteiger partial charge in [-0.2, -0.15) is 13.2 Å². The van der Waals surface area contributed by atoms with Crippen molar-refractivity contribution in [2.45, 2.75) is 45.9 Å². The lowest BCUT2D eigenvalue weighted by Gasteiger charge is -2.16. The number of ether oxygens (including phenoxy) is 3. The van der Waals surface area contributed by atoms with E-state index < -0.39 is 29.4 Å². The Kier molecular flexibility index (Phi) is 7.00. The van der Waals surface area contributed by atoms with Crippen LogP contribution >= 0.6 is 0 Å². The normalized spacial score (nSPS) is 13.5. The number of rotatable bonds is 7. The van der Waals surface area contributed by atoms with Gasteiger partial charge in [0.05, 0.1) is 23.9 Å². The number of alkyl halides is 3. The molecule has 0 atom stereocenters. The van der Waals surface area contributed by atoms with Crippen LogP contribution in [-0.4, -0.2) is 19.0 Å². The van der Waals surface area contributed by atoms with Gasteiger partial charge < -0.3 is 19.9 Å². The van der Waals surface area contributed by atoms with Crippen molar-refractivity contribution in [3.8, 4) is 11.5 Å². The van der Waals surface area contributed by atoms with E-state index in [-0.39, 0.29) is 19.4 Å². The van der Waals surface area contributed by atoms with Gasteiger partial charge >= 0.3 is 18.1 Å². The third-order valence-corrected chi connectivity index (χ3v) is 5.51. The predicted molar refractivity (Wildman–Crippen MR) is 115 cm³/mol. The smallest absolute Gasteiger partial charge is 0.419 e. The molecule has 2 aromatic carbocycles. The molecular formula is C24H24F3NO5. The summed E-state index contributed by atoms with van der Waals surface area (Å²) in [6.07, 6.45) is -2.27. The minimum absolute atomic E-state index is 0.101. The first kappa shape index (κ1) is 24.2. The van der Waals surface area contributed by atoms with Gasteiger partial charge in [0.15, 0.2) is 0 Å². The summed E-state index contributed by atoms with van der Waals surface area (Å²) in [4.78, 5) is 24.2. The zero-order chi connectivity index (χ0) is 24.3. The van der Waals surface area contributed by atoms with E-state index in [1.807, 2.05) is 13.0 Å². The summed E-state index contributed by atoms with van der Waals surface area (Å²) in [6, 6.07) is 4.57. The molecule has 0 bridgehead atoms. The van der Waals surface area contributed by atoms with Crippen molar-refractivity contribution in [2.24, 2.45) is 0 Å². The summed E-state index contributed by atoms with van der Waals surface area (Å²) >= 11 is 0. The molecule has 33 heavy (non-hydrogen) atoms. The Morgan fingerprint density at radius 2 is 1.94 bits per heavy atom. The average Bonchev–Trinajstić information content (AvgIpc) is 3.15. The first-order valence-corrected chi connectivity index (χ1v) is 10.2. The van der Waals surface area contributed by atoms with Crippen LogP contribution in [0.2, 0.25) is 0 Å². The Bertz CT molecular complexity index is 1120. The van der Waals surface area contributed by atoms with E-state index in [0.29, 0.717) is 34.5 Å². The molecule has 9 heteroatoms. The van der Waals surface area contributed by atoms with Crippen molar-refractivity contribution in [3.63, 3.8) is 0 Å². The van der Waals surface area contributed by atoms with Crippen LogP contribution in [-0.2, 0) is 28.7 Å². The number of fused-ring (bicyclic) bond motifs is 1. The number of hydrogen-bond acceptors (Lipinski definition) is 6. The number of benzene rings is 2. The summed E-state index contributed by atoms with van der Waals surface area (Å²) in [5.41, 5.74) is 8.80. The van der Waals surface area contributed by atoms with Crippen molar-refractivity contribution < 1.29 is 37.0 Å². The number of esters is 2. The molecule has 0 unspecified atom stereocenters. The molecule has 2 aromatic rings. The number of methoxy groups -OCH3 is 1. The highest BCUT2D eigenvalue weighted by molar-refractivity contribution is 6.00. The van der Waals surface area contributed by atoms with E-state index in [9.17, 15) is 22.8 Å². The maximum atomic E-state index is 13.1. The Morgan fingerprint density at radius 1 is 1.24 bits per heavy atom. The van der Waals surface area contributed by atoms with Crippen molar-refractivity contribution >= 4 is 17.6 Å². The number of cyclic esters (lactones) is 1. The van der Waals surface area contributed by atoms with Crippen molar-refractivity contribution in [3.05, 3.63) is 63.7 Å². The van der Waals surface area contributed by atoms with E-state index in [1.165, 1.54) is 19.2 Å². The predicted octanol–water partition coefficient (Wildman–Crippen LogP) is 5.15. The Labute approximate surface area is 189 Å². The molecule has 0 fully saturated rings.